The fraction of sp³-hybridized carbons (Fsp3) is 0.125. The number of nitro benzene ring substituents is 1. The molecule has 7 nitrogen and oxygen atoms in total. The summed E-state index contributed by atoms with van der Waals surface area (Å²) in [7, 11) is -4.00. The minimum absolute atomic E-state index is 0.248. The van der Waals surface area contributed by atoms with E-state index < -0.39 is 20.1 Å². The number of nitro groups is 1. The predicted octanol–water partition coefficient (Wildman–Crippen LogP) is -0.237. The Bertz CT molecular complexity index is 508. The maximum atomic E-state index is 11.5. The molecule has 0 aliphatic carbocycles. The Labute approximate surface area is 90.9 Å². The molecule has 85 valence electrons. The van der Waals surface area contributed by atoms with Gasteiger partial charge in [0.05, 0.1) is 9.82 Å². The Morgan fingerprint density at radius 3 is 2.19 bits per heavy atom. The van der Waals surface area contributed by atoms with Crippen molar-refractivity contribution in [2.45, 2.75) is 10.3 Å². The number of benzene rings is 1. The molecule has 0 bridgehead atoms. The van der Waals surface area contributed by atoms with Crippen molar-refractivity contribution in [1.29, 1.82) is 0 Å². The highest BCUT2D eigenvalue weighted by Gasteiger charge is 2.24. The summed E-state index contributed by atoms with van der Waals surface area (Å²) in [6.45, 7) is 0. The molecule has 0 aliphatic heterocycles. The summed E-state index contributed by atoms with van der Waals surface area (Å²) in [5.74, 6) is 0. The van der Waals surface area contributed by atoms with Gasteiger partial charge in [-0.3, -0.25) is 14.9 Å². The maximum absolute atomic E-state index is 11.5. The van der Waals surface area contributed by atoms with Crippen molar-refractivity contribution in [3.05, 3.63) is 34.4 Å². The van der Waals surface area contributed by atoms with Crippen LogP contribution in [0.2, 0.25) is 0 Å². The molecule has 16 heavy (non-hydrogen) atoms. The highest BCUT2D eigenvalue weighted by Crippen LogP contribution is 2.17. The lowest BCUT2D eigenvalue weighted by atomic mass is 10.3. The van der Waals surface area contributed by atoms with E-state index in [1.165, 1.54) is 0 Å². The van der Waals surface area contributed by atoms with Crippen LogP contribution in [0.1, 0.15) is 0 Å². The lowest BCUT2D eigenvalue weighted by Crippen LogP contribution is -2.31. The van der Waals surface area contributed by atoms with Crippen LogP contribution in [0.25, 0.3) is 0 Å². The van der Waals surface area contributed by atoms with Gasteiger partial charge in [-0.2, -0.15) is 0 Å². The Hall–Kier alpha value is -1.80. The van der Waals surface area contributed by atoms with Crippen molar-refractivity contribution in [2.24, 2.45) is 5.73 Å². The summed E-state index contributed by atoms with van der Waals surface area (Å²) in [5.41, 5.74) is 4.79. The number of nitrogens with two attached hydrogens (primary N) is 1. The van der Waals surface area contributed by atoms with E-state index in [0.29, 0.717) is 0 Å². The van der Waals surface area contributed by atoms with E-state index in [2.05, 4.69) is 0 Å². The second-order valence-corrected chi connectivity index (χ2v) is 4.90. The lowest BCUT2D eigenvalue weighted by Gasteiger charge is -2.05. The third kappa shape index (κ3) is 2.23. The number of nitrogens with zero attached hydrogens (tertiary/aromatic N) is 1. The van der Waals surface area contributed by atoms with Gasteiger partial charge in [-0.1, -0.05) is 0 Å². The topological polar surface area (TPSA) is 120 Å². The van der Waals surface area contributed by atoms with Crippen molar-refractivity contribution < 1.29 is 18.1 Å². The van der Waals surface area contributed by atoms with Crippen molar-refractivity contribution in [2.75, 3.05) is 0 Å². The Balaban J connectivity index is 3.16. The molecule has 0 aromatic heterocycles. The number of non-ortho nitro benzene ring substituents is 1. The quantitative estimate of drug-likeness (QED) is 0.575. The van der Waals surface area contributed by atoms with Crippen LogP contribution in [0.15, 0.2) is 29.2 Å². The molecule has 1 rings (SSSR count). The maximum Gasteiger partial charge on any atom is 0.269 e. The highest BCUT2D eigenvalue weighted by atomic mass is 32.2. The third-order valence-corrected chi connectivity index (χ3v) is 3.52. The predicted molar refractivity (Wildman–Crippen MR) is 54.0 cm³/mol. The SMILES string of the molecule is NC([C]=O)S(=O)(=O)c1ccc([N+](=O)[O-])cc1. The average molecular weight is 243 g/mol. The molecule has 1 unspecified atom stereocenters. The molecule has 0 spiro atoms. The Morgan fingerprint density at radius 2 is 1.81 bits per heavy atom. The Kier molecular flexibility index (Phi) is 3.35. The van der Waals surface area contributed by atoms with Crippen molar-refractivity contribution in [3.63, 3.8) is 0 Å². The van der Waals surface area contributed by atoms with Gasteiger partial charge in [-0.05, 0) is 12.1 Å². The van der Waals surface area contributed by atoms with Gasteiger partial charge in [-0.15, -0.1) is 0 Å². The van der Waals surface area contributed by atoms with Gasteiger partial charge in [-0.25, -0.2) is 8.42 Å². The molecule has 0 fully saturated rings. The summed E-state index contributed by atoms with van der Waals surface area (Å²) in [5, 5.41) is 8.54. The van der Waals surface area contributed by atoms with E-state index in [4.69, 9.17) is 5.73 Å². The summed E-state index contributed by atoms with van der Waals surface area (Å²) >= 11 is 0. The normalized spacial score (nSPS) is 13.1. The van der Waals surface area contributed by atoms with Crippen LogP contribution < -0.4 is 5.73 Å². The van der Waals surface area contributed by atoms with E-state index >= 15 is 0 Å². The number of carbonyl (C=O) groups excluding carboxylic acids is 1. The first-order valence-corrected chi connectivity index (χ1v) is 5.56. The zero-order valence-electron chi connectivity index (χ0n) is 7.86. The van der Waals surface area contributed by atoms with E-state index in [0.717, 1.165) is 30.6 Å². The van der Waals surface area contributed by atoms with Crippen LogP contribution in [0.3, 0.4) is 0 Å². The Morgan fingerprint density at radius 1 is 1.31 bits per heavy atom. The van der Waals surface area contributed by atoms with Crippen LogP contribution in [-0.4, -0.2) is 25.0 Å². The van der Waals surface area contributed by atoms with Gasteiger partial charge < -0.3 is 5.73 Å². The highest BCUT2D eigenvalue weighted by molar-refractivity contribution is 7.92. The van der Waals surface area contributed by atoms with Crippen molar-refractivity contribution >= 4 is 21.8 Å². The van der Waals surface area contributed by atoms with Crippen LogP contribution in [0.5, 0.6) is 0 Å². The fourth-order valence-corrected chi connectivity index (χ4v) is 1.90. The van der Waals surface area contributed by atoms with E-state index in [-0.39, 0.29) is 10.6 Å². The van der Waals surface area contributed by atoms with Gasteiger partial charge in [0.1, 0.15) is 0 Å². The molecule has 1 radical (unpaired) electrons. The molecule has 0 saturated carbocycles. The van der Waals surface area contributed by atoms with Crippen LogP contribution in [0, 0.1) is 10.1 Å². The fourth-order valence-electron chi connectivity index (χ4n) is 0.967. The van der Waals surface area contributed by atoms with Gasteiger partial charge in [0, 0.05) is 12.1 Å². The summed E-state index contributed by atoms with van der Waals surface area (Å²) < 4.78 is 23.0. The molecule has 2 N–H and O–H groups in total. The lowest BCUT2D eigenvalue weighted by molar-refractivity contribution is -0.384. The van der Waals surface area contributed by atoms with Gasteiger partial charge in [0.15, 0.2) is 5.37 Å². The standard InChI is InChI=1S/C8H7N2O5S/c9-8(5-11)16(14,15)7-3-1-6(2-4-7)10(12)13/h1-4,8H,9H2. The average Bonchev–Trinajstić information content (AvgIpc) is 2.28. The summed E-state index contributed by atoms with van der Waals surface area (Å²) in [6.07, 6.45) is 1.15. The molecule has 1 atom stereocenters. The monoisotopic (exact) mass is 243 g/mol. The molecule has 0 saturated heterocycles. The number of hydrogen-bond acceptors (Lipinski definition) is 6. The van der Waals surface area contributed by atoms with E-state index in [9.17, 15) is 23.3 Å². The number of rotatable bonds is 4. The minimum Gasteiger partial charge on any atom is -0.308 e. The minimum atomic E-state index is -4.00. The van der Waals surface area contributed by atoms with E-state index in [1.54, 1.807) is 0 Å². The first kappa shape index (κ1) is 12.3. The summed E-state index contributed by atoms with van der Waals surface area (Å²) in [6, 6.07) is 4.07. The third-order valence-electron chi connectivity index (χ3n) is 1.83. The van der Waals surface area contributed by atoms with Crippen LogP contribution in [0.4, 0.5) is 5.69 Å². The second-order valence-electron chi connectivity index (χ2n) is 2.83. The second kappa shape index (κ2) is 4.37. The van der Waals surface area contributed by atoms with Crippen LogP contribution >= 0.6 is 0 Å². The molecule has 1 aromatic carbocycles. The van der Waals surface area contributed by atoms with Gasteiger partial charge >= 0.3 is 0 Å². The van der Waals surface area contributed by atoms with Crippen molar-refractivity contribution in [3.8, 4) is 0 Å². The molecule has 0 aliphatic rings. The number of sulfone groups is 1. The molecule has 0 amide bonds. The van der Waals surface area contributed by atoms with Crippen molar-refractivity contribution in [1.82, 2.24) is 0 Å². The molecule has 1 aromatic rings. The first-order chi connectivity index (χ1) is 7.39. The van der Waals surface area contributed by atoms with Gasteiger partial charge in [0.25, 0.3) is 5.69 Å². The number of hydrogen-bond donors (Lipinski definition) is 1. The molecular weight excluding hydrogens is 236 g/mol. The summed E-state index contributed by atoms with van der Waals surface area (Å²) in [4.78, 5) is 19.6. The zero-order chi connectivity index (χ0) is 12.3. The smallest absolute Gasteiger partial charge is 0.269 e. The molecule has 8 heteroatoms. The molecule has 0 heterocycles. The van der Waals surface area contributed by atoms with Crippen LogP contribution in [-0.2, 0) is 14.6 Å². The largest absolute Gasteiger partial charge is 0.308 e. The zero-order valence-corrected chi connectivity index (χ0v) is 8.68. The van der Waals surface area contributed by atoms with Gasteiger partial charge in [0.2, 0.25) is 16.1 Å². The molecular formula is C8H7N2O5S. The van der Waals surface area contributed by atoms with E-state index in [1.807, 2.05) is 0 Å². The first-order valence-electron chi connectivity index (χ1n) is 4.01.